The van der Waals surface area contributed by atoms with E-state index in [2.05, 4.69) is 41.8 Å². The van der Waals surface area contributed by atoms with Crippen molar-refractivity contribution in [2.45, 2.75) is 44.7 Å². The molecule has 0 spiro atoms. The van der Waals surface area contributed by atoms with Gasteiger partial charge in [0.25, 0.3) is 0 Å². The molecule has 2 aromatic heterocycles. The smallest absolute Gasteiger partial charge is 0.411 e. The lowest BCUT2D eigenvalue weighted by atomic mass is 9.77. The van der Waals surface area contributed by atoms with Crippen LogP contribution >= 0.6 is 11.6 Å². The highest BCUT2D eigenvalue weighted by atomic mass is 35.5. The fourth-order valence-electron chi connectivity index (χ4n) is 5.37. The third kappa shape index (κ3) is 6.44. The van der Waals surface area contributed by atoms with Gasteiger partial charge in [-0.15, -0.1) is 5.10 Å². The maximum Gasteiger partial charge on any atom is 0.411 e. The average molecular weight is 625 g/mol. The van der Waals surface area contributed by atoms with Crippen LogP contribution in [0.3, 0.4) is 0 Å². The predicted octanol–water partition coefficient (Wildman–Crippen LogP) is 5.22. The van der Waals surface area contributed by atoms with Crippen molar-refractivity contribution < 1.29 is 18.7 Å². The van der Waals surface area contributed by atoms with E-state index in [-0.39, 0.29) is 5.03 Å². The van der Waals surface area contributed by atoms with Crippen LogP contribution in [-0.2, 0) is 9.53 Å². The second-order valence-corrected chi connectivity index (χ2v) is 11.1. The molecule has 2 unspecified atom stereocenters. The lowest BCUT2D eigenvalue weighted by Crippen LogP contribution is -2.32. The normalized spacial score (nSPS) is 21.9. The van der Waals surface area contributed by atoms with Crippen molar-refractivity contribution in [2.75, 3.05) is 36.7 Å². The van der Waals surface area contributed by atoms with E-state index in [1.165, 1.54) is 36.3 Å². The van der Waals surface area contributed by atoms with Gasteiger partial charge < -0.3 is 25.7 Å². The zero-order valence-corrected chi connectivity index (χ0v) is 25.3. The Bertz CT molecular complexity index is 1600. The number of hydrogen-bond acceptors (Lipinski definition) is 9. The van der Waals surface area contributed by atoms with Gasteiger partial charge in [-0.2, -0.15) is 0 Å². The summed E-state index contributed by atoms with van der Waals surface area (Å²) >= 11 is 6.14. The number of fused-ring (bicyclic) bond motifs is 4. The molecule has 2 aliphatic rings. The Kier molecular flexibility index (Phi) is 9.28. The van der Waals surface area contributed by atoms with Gasteiger partial charge in [-0.25, -0.2) is 18.9 Å². The van der Waals surface area contributed by atoms with Crippen molar-refractivity contribution in [3.05, 3.63) is 65.5 Å². The van der Waals surface area contributed by atoms with E-state index in [0.717, 1.165) is 36.2 Å². The van der Waals surface area contributed by atoms with Crippen LogP contribution in [0.15, 0.2) is 59.7 Å². The van der Waals surface area contributed by atoms with Gasteiger partial charge in [0.1, 0.15) is 18.0 Å². The number of imidazole rings is 1. The second kappa shape index (κ2) is 13.3. The van der Waals surface area contributed by atoms with Gasteiger partial charge in [0, 0.05) is 30.5 Å². The molecule has 5 rings (SSSR count). The third-order valence-electron chi connectivity index (χ3n) is 7.76. The molecule has 1 aromatic carbocycles. The molecular formula is C29H34ClFN10O3. The van der Waals surface area contributed by atoms with E-state index in [1.807, 2.05) is 12.1 Å². The van der Waals surface area contributed by atoms with Crippen LogP contribution in [0.2, 0.25) is 0 Å². The first-order chi connectivity index (χ1) is 21.2. The molecule has 0 saturated heterocycles. The number of anilines is 3. The minimum absolute atomic E-state index is 0.0492. The van der Waals surface area contributed by atoms with Gasteiger partial charge in [0.2, 0.25) is 5.91 Å². The predicted molar refractivity (Wildman–Crippen MR) is 165 cm³/mol. The molecule has 44 heavy (non-hydrogen) atoms. The molecule has 13 nitrogen and oxygen atoms in total. The van der Waals surface area contributed by atoms with Crippen LogP contribution < -0.4 is 21.3 Å². The zero-order chi connectivity index (χ0) is 31.3. The van der Waals surface area contributed by atoms with Crippen LogP contribution in [-0.4, -0.2) is 62.9 Å². The molecular weight excluding hydrogens is 591 g/mol. The summed E-state index contributed by atoms with van der Waals surface area (Å²) in [7, 11) is 3.08. The maximum atomic E-state index is 15.4. The summed E-state index contributed by atoms with van der Waals surface area (Å²) in [6.45, 7) is 2.34. The molecule has 3 atom stereocenters. The van der Waals surface area contributed by atoms with Gasteiger partial charge in [0.05, 0.1) is 35.3 Å². The van der Waals surface area contributed by atoms with E-state index in [4.69, 9.17) is 21.3 Å². The summed E-state index contributed by atoms with van der Waals surface area (Å²) in [6.07, 6.45) is 10.0. The number of rotatable bonds is 6. The van der Waals surface area contributed by atoms with Gasteiger partial charge in [-0.1, -0.05) is 36.6 Å². The first-order valence-electron chi connectivity index (χ1n) is 14.2. The lowest BCUT2D eigenvalue weighted by molar-refractivity contribution is -0.117. The molecule has 2 amide bonds. The Labute approximate surface area is 258 Å². The monoisotopic (exact) mass is 624 g/mol. The Morgan fingerprint density at radius 3 is 2.86 bits per heavy atom. The highest BCUT2D eigenvalue weighted by Crippen LogP contribution is 2.47. The number of H-pyrrole nitrogens is 1. The quantitative estimate of drug-likeness (QED) is 0.231. The Balaban J connectivity index is 1.42. The highest BCUT2D eigenvalue weighted by molar-refractivity contribution is 6.31. The number of aromatic amines is 1. The fourth-order valence-corrected chi connectivity index (χ4v) is 5.65. The minimum atomic E-state index is -1.31. The number of halogens is 2. The molecule has 3 aromatic rings. The lowest BCUT2D eigenvalue weighted by Gasteiger charge is -2.34. The molecule has 5 N–H and O–H groups in total. The van der Waals surface area contributed by atoms with Gasteiger partial charge in [-0.05, 0) is 60.5 Å². The molecule has 0 saturated carbocycles. The standard InChI is InChI=1S/C29H34ClFN10O3/c1-29(22(41-16-34-39-40-41)11-10-19(30)25(29)31)13-12-23(42)36-20-7-5-4-6-14-33-21-15-17(35-28(43)44-3)8-9-18(21)24-27(32-2)38-26(20)37-24/h8-13,15-16,20,22,32-33H,4-7,14H2,1-3H3,(H,35,43)(H,36,42)(H,37,38)/b13-12+/t20-,22?,29?/m0/s1. The molecule has 1 aliphatic carbocycles. The van der Waals surface area contributed by atoms with E-state index in [0.29, 0.717) is 30.3 Å². The number of carbonyl (C=O) groups excluding carboxylic acids is 2. The zero-order valence-electron chi connectivity index (χ0n) is 24.5. The van der Waals surface area contributed by atoms with Crippen LogP contribution in [0.25, 0.3) is 11.3 Å². The third-order valence-corrected chi connectivity index (χ3v) is 8.06. The maximum absolute atomic E-state index is 15.4. The largest absolute Gasteiger partial charge is 0.453 e. The number of carbonyl (C=O) groups is 2. The highest BCUT2D eigenvalue weighted by Gasteiger charge is 2.41. The minimum Gasteiger partial charge on any atom is -0.453 e. The molecule has 2 bridgehead atoms. The molecule has 15 heteroatoms. The number of allylic oxidation sites excluding steroid dienone is 5. The summed E-state index contributed by atoms with van der Waals surface area (Å²) in [6, 6.07) is 4.42. The van der Waals surface area contributed by atoms with Crippen molar-refractivity contribution in [3.8, 4) is 11.3 Å². The Morgan fingerprint density at radius 2 is 2.11 bits per heavy atom. The number of benzene rings is 1. The Hall–Kier alpha value is -4.72. The molecule has 3 heterocycles. The first-order valence-corrected chi connectivity index (χ1v) is 14.6. The number of hydrogen-bond donors (Lipinski definition) is 5. The van der Waals surface area contributed by atoms with Crippen LogP contribution in [0.1, 0.15) is 50.5 Å². The van der Waals surface area contributed by atoms with Crippen LogP contribution in [0, 0.1) is 5.41 Å². The number of amides is 2. The summed E-state index contributed by atoms with van der Waals surface area (Å²) in [5.41, 5.74) is 1.63. The van der Waals surface area contributed by atoms with Gasteiger partial charge in [-0.3, -0.25) is 10.1 Å². The van der Waals surface area contributed by atoms with Crippen molar-refractivity contribution in [1.82, 2.24) is 35.5 Å². The second-order valence-electron chi connectivity index (χ2n) is 10.7. The van der Waals surface area contributed by atoms with Crippen molar-refractivity contribution in [3.63, 3.8) is 0 Å². The molecule has 0 radical (unpaired) electrons. The van der Waals surface area contributed by atoms with E-state index in [9.17, 15) is 9.59 Å². The van der Waals surface area contributed by atoms with Crippen molar-refractivity contribution in [1.29, 1.82) is 0 Å². The molecule has 1 aliphatic heterocycles. The number of aromatic nitrogens is 6. The van der Waals surface area contributed by atoms with Crippen LogP contribution in [0.5, 0.6) is 0 Å². The summed E-state index contributed by atoms with van der Waals surface area (Å²) in [5.74, 6) is 0.158. The SMILES string of the molecule is CNc1nc2[nH]c1-c1ccc(NC(=O)OC)cc1NCCCCC[C@@H]2NC(=O)/C=C/C1(C)C(F)=C(Cl)C=CC1n1cnnn1. The van der Waals surface area contributed by atoms with Crippen LogP contribution in [0.4, 0.5) is 26.4 Å². The van der Waals surface area contributed by atoms with Gasteiger partial charge in [0.15, 0.2) is 5.82 Å². The number of methoxy groups -OCH3 is 1. The number of nitrogens with zero attached hydrogens (tertiary/aromatic N) is 5. The summed E-state index contributed by atoms with van der Waals surface area (Å²) < 4.78 is 21.6. The van der Waals surface area contributed by atoms with Crippen molar-refractivity contribution in [2.24, 2.45) is 5.41 Å². The van der Waals surface area contributed by atoms with E-state index in [1.54, 1.807) is 26.1 Å². The average Bonchev–Trinajstić information content (AvgIpc) is 3.70. The van der Waals surface area contributed by atoms with Crippen molar-refractivity contribution >= 4 is 40.8 Å². The number of ether oxygens (including phenoxy) is 1. The summed E-state index contributed by atoms with van der Waals surface area (Å²) in [4.78, 5) is 33.3. The first kappa shape index (κ1) is 30.7. The van der Waals surface area contributed by atoms with Gasteiger partial charge >= 0.3 is 6.09 Å². The summed E-state index contributed by atoms with van der Waals surface area (Å²) in [5, 5.41) is 23.5. The molecule has 0 fully saturated rings. The molecule has 232 valence electrons. The fraction of sp³-hybridized carbons (Fsp3) is 0.379. The van der Waals surface area contributed by atoms with E-state index < -0.39 is 35.3 Å². The number of tetrazole rings is 1. The number of nitrogens with one attached hydrogen (secondary N) is 5. The Morgan fingerprint density at radius 1 is 1.27 bits per heavy atom. The van der Waals surface area contributed by atoms with E-state index >= 15 is 4.39 Å². The topological polar surface area (TPSA) is 164 Å².